The van der Waals surface area contributed by atoms with Crippen molar-refractivity contribution in [2.45, 2.75) is 31.7 Å². The zero-order valence-electron chi connectivity index (χ0n) is 14.6. The van der Waals surface area contributed by atoms with E-state index >= 15 is 0 Å². The van der Waals surface area contributed by atoms with Crippen LogP contribution < -0.4 is 10.2 Å². The third-order valence-corrected chi connectivity index (χ3v) is 5.81. The number of rotatable bonds is 6. The van der Waals surface area contributed by atoms with Crippen molar-refractivity contribution in [3.05, 3.63) is 52.2 Å². The molecule has 0 saturated heterocycles. The highest BCUT2D eigenvalue weighted by Crippen LogP contribution is 2.35. The van der Waals surface area contributed by atoms with Gasteiger partial charge in [-0.1, -0.05) is 31.7 Å². The van der Waals surface area contributed by atoms with Crippen LogP contribution >= 0.6 is 11.3 Å². The molecule has 2 N–H and O–H groups in total. The molecule has 0 aliphatic heterocycles. The predicted octanol–water partition coefficient (Wildman–Crippen LogP) is 3.11. The van der Waals surface area contributed by atoms with Crippen LogP contribution in [0.5, 0.6) is 0 Å². The highest BCUT2D eigenvalue weighted by molar-refractivity contribution is 7.89. The van der Waals surface area contributed by atoms with Gasteiger partial charge in [0.2, 0.25) is 0 Å². The molecule has 0 aliphatic rings. The standard InChI is InChI=1S/C17H22N2O4S2/c1-17(2,3)15(14-6-5-11-24-14)18-16(20)12-7-9-13(10-8-12)25(21,22)19-23-4/h5-11,15,19H,1-4H3,(H,18,20). The number of thiophene rings is 1. The van der Waals surface area contributed by atoms with Gasteiger partial charge in [0.05, 0.1) is 18.0 Å². The average molecular weight is 383 g/mol. The summed E-state index contributed by atoms with van der Waals surface area (Å²) in [4.78, 5) is 20.1. The van der Waals surface area contributed by atoms with E-state index in [2.05, 4.69) is 30.9 Å². The number of carbonyl (C=O) groups excluding carboxylic acids is 1. The van der Waals surface area contributed by atoms with Crippen molar-refractivity contribution in [2.75, 3.05) is 7.11 Å². The first-order valence-corrected chi connectivity index (χ1v) is 10.0. The van der Waals surface area contributed by atoms with Gasteiger partial charge in [-0.15, -0.1) is 11.3 Å². The van der Waals surface area contributed by atoms with E-state index in [0.717, 1.165) is 4.88 Å². The molecular formula is C17H22N2O4S2. The molecule has 0 aliphatic carbocycles. The van der Waals surface area contributed by atoms with E-state index in [1.807, 2.05) is 22.4 Å². The highest BCUT2D eigenvalue weighted by atomic mass is 32.2. The van der Waals surface area contributed by atoms with Crippen molar-refractivity contribution in [1.82, 2.24) is 10.2 Å². The summed E-state index contributed by atoms with van der Waals surface area (Å²) in [6, 6.07) is 9.50. The summed E-state index contributed by atoms with van der Waals surface area (Å²) in [7, 11) is -2.52. The van der Waals surface area contributed by atoms with Gasteiger partial charge in [0.25, 0.3) is 15.9 Å². The van der Waals surface area contributed by atoms with Crippen molar-refractivity contribution in [3.63, 3.8) is 0 Å². The van der Waals surface area contributed by atoms with Crippen LogP contribution in [0.4, 0.5) is 0 Å². The molecule has 1 unspecified atom stereocenters. The van der Waals surface area contributed by atoms with Crippen LogP contribution in [-0.2, 0) is 14.9 Å². The SMILES string of the molecule is CONS(=O)(=O)c1ccc(C(=O)NC(c2cccs2)C(C)(C)C)cc1. The largest absolute Gasteiger partial charge is 0.344 e. The lowest BCUT2D eigenvalue weighted by Crippen LogP contribution is -2.36. The maximum absolute atomic E-state index is 12.6. The normalized spacial score (nSPS) is 13.4. The summed E-state index contributed by atoms with van der Waals surface area (Å²) in [6.07, 6.45) is 0. The summed E-state index contributed by atoms with van der Waals surface area (Å²) in [6.45, 7) is 6.18. The first-order chi connectivity index (χ1) is 11.6. The van der Waals surface area contributed by atoms with Crippen LogP contribution in [-0.4, -0.2) is 21.4 Å². The predicted molar refractivity (Wildman–Crippen MR) is 97.8 cm³/mol. The smallest absolute Gasteiger partial charge is 0.262 e. The molecule has 2 rings (SSSR count). The molecule has 0 saturated carbocycles. The third-order valence-electron chi connectivity index (χ3n) is 3.59. The van der Waals surface area contributed by atoms with Gasteiger partial charge in [0, 0.05) is 10.4 Å². The van der Waals surface area contributed by atoms with E-state index in [4.69, 9.17) is 0 Å². The summed E-state index contributed by atoms with van der Waals surface area (Å²) in [5, 5.41) is 5.02. The van der Waals surface area contributed by atoms with E-state index in [1.54, 1.807) is 11.3 Å². The van der Waals surface area contributed by atoms with Gasteiger partial charge in [0.1, 0.15) is 0 Å². The lowest BCUT2D eigenvalue weighted by atomic mass is 9.85. The molecule has 1 amide bonds. The average Bonchev–Trinajstić information content (AvgIpc) is 3.05. The number of nitrogens with one attached hydrogen (secondary N) is 2. The van der Waals surface area contributed by atoms with Gasteiger partial charge in [-0.25, -0.2) is 8.42 Å². The number of amides is 1. The van der Waals surface area contributed by atoms with Crippen molar-refractivity contribution >= 4 is 27.3 Å². The minimum atomic E-state index is -3.74. The second-order valence-corrected chi connectivity index (χ2v) is 9.23. The Kier molecular flexibility index (Phi) is 5.99. The van der Waals surface area contributed by atoms with Crippen LogP contribution in [0.15, 0.2) is 46.7 Å². The van der Waals surface area contributed by atoms with Gasteiger partial charge in [-0.05, 0) is 41.1 Å². The minimum Gasteiger partial charge on any atom is -0.344 e. The maximum Gasteiger partial charge on any atom is 0.262 e. The summed E-state index contributed by atoms with van der Waals surface area (Å²) >= 11 is 1.59. The number of sulfonamides is 1. The Morgan fingerprint density at radius 3 is 2.28 bits per heavy atom. The number of carbonyl (C=O) groups is 1. The lowest BCUT2D eigenvalue weighted by Gasteiger charge is -2.30. The van der Waals surface area contributed by atoms with E-state index in [0.29, 0.717) is 5.56 Å². The van der Waals surface area contributed by atoms with E-state index in [1.165, 1.54) is 31.4 Å². The van der Waals surface area contributed by atoms with Crippen LogP contribution in [0, 0.1) is 5.41 Å². The summed E-state index contributed by atoms with van der Waals surface area (Å²) in [5.74, 6) is -0.253. The first-order valence-electron chi connectivity index (χ1n) is 7.64. The summed E-state index contributed by atoms with van der Waals surface area (Å²) < 4.78 is 23.7. The number of hydrogen-bond acceptors (Lipinski definition) is 5. The molecule has 2 aromatic rings. The van der Waals surface area contributed by atoms with Crippen molar-refractivity contribution < 1.29 is 18.0 Å². The second kappa shape index (κ2) is 7.65. The third kappa shape index (κ3) is 4.88. The van der Waals surface area contributed by atoms with Crippen LogP contribution in [0.3, 0.4) is 0 Å². The van der Waals surface area contributed by atoms with Crippen LogP contribution in [0.2, 0.25) is 0 Å². The number of hydrogen-bond donors (Lipinski definition) is 2. The molecule has 0 fully saturated rings. The minimum absolute atomic E-state index is 0.0246. The molecule has 25 heavy (non-hydrogen) atoms. The molecule has 1 aromatic heterocycles. The van der Waals surface area contributed by atoms with E-state index < -0.39 is 10.0 Å². The van der Waals surface area contributed by atoms with E-state index in [9.17, 15) is 13.2 Å². The Morgan fingerprint density at radius 2 is 1.80 bits per heavy atom. The summed E-state index contributed by atoms with van der Waals surface area (Å²) in [5.41, 5.74) is 0.230. The quantitative estimate of drug-likeness (QED) is 0.752. The van der Waals surface area contributed by atoms with Gasteiger partial charge >= 0.3 is 0 Å². The molecule has 136 valence electrons. The topological polar surface area (TPSA) is 84.5 Å². The van der Waals surface area contributed by atoms with Gasteiger partial charge < -0.3 is 5.32 Å². The van der Waals surface area contributed by atoms with Crippen molar-refractivity contribution in [2.24, 2.45) is 5.41 Å². The zero-order valence-corrected chi connectivity index (χ0v) is 16.2. The van der Waals surface area contributed by atoms with Crippen molar-refractivity contribution in [1.29, 1.82) is 0 Å². The van der Waals surface area contributed by atoms with Crippen LogP contribution in [0.1, 0.15) is 42.0 Å². The molecule has 1 heterocycles. The molecule has 1 aromatic carbocycles. The highest BCUT2D eigenvalue weighted by Gasteiger charge is 2.29. The van der Waals surface area contributed by atoms with Gasteiger partial charge in [-0.2, -0.15) is 0 Å². The Balaban J connectivity index is 2.20. The molecule has 0 spiro atoms. The molecular weight excluding hydrogens is 360 g/mol. The Hall–Kier alpha value is -1.74. The molecule has 0 bridgehead atoms. The molecule has 0 radical (unpaired) electrons. The number of benzene rings is 1. The van der Waals surface area contributed by atoms with Crippen molar-refractivity contribution in [3.8, 4) is 0 Å². The Morgan fingerprint density at radius 1 is 1.16 bits per heavy atom. The fourth-order valence-electron chi connectivity index (χ4n) is 2.33. The van der Waals surface area contributed by atoms with Crippen LogP contribution in [0.25, 0.3) is 0 Å². The lowest BCUT2D eigenvalue weighted by molar-refractivity contribution is 0.0903. The zero-order chi connectivity index (χ0) is 18.7. The Labute approximate surface area is 152 Å². The van der Waals surface area contributed by atoms with E-state index in [-0.39, 0.29) is 22.3 Å². The Bertz CT molecular complexity index is 807. The first kappa shape index (κ1) is 19.6. The molecule has 6 nitrogen and oxygen atoms in total. The second-order valence-electron chi connectivity index (χ2n) is 6.60. The molecule has 8 heteroatoms. The van der Waals surface area contributed by atoms with Gasteiger partial charge in [-0.3, -0.25) is 9.63 Å². The monoisotopic (exact) mass is 382 g/mol. The fourth-order valence-corrected chi connectivity index (χ4v) is 4.16. The maximum atomic E-state index is 12.6. The molecule has 1 atom stereocenters. The fraction of sp³-hybridized carbons (Fsp3) is 0.353. The van der Waals surface area contributed by atoms with Gasteiger partial charge in [0.15, 0.2) is 0 Å².